The lowest BCUT2D eigenvalue weighted by Gasteiger charge is -2.50. The Bertz CT molecular complexity index is 1330. The van der Waals surface area contributed by atoms with E-state index in [9.17, 15) is 14.8 Å². The number of aliphatic hydroxyl groups is 1. The highest BCUT2D eigenvalue weighted by atomic mass is 127. The van der Waals surface area contributed by atoms with Gasteiger partial charge in [-0.1, -0.05) is 24.3 Å². The zero-order valence-corrected chi connectivity index (χ0v) is 25.9. The predicted molar refractivity (Wildman–Crippen MR) is 164 cm³/mol. The van der Waals surface area contributed by atoms with Crippen LogP contribution < -0.4 is 10.5 Å². The van der Waals surface area contributed by atoms with E-state index in [1.165, 1.54) is 0 Å². The molecule has 1 unspecified atom stereocenters. The second kappa shape index (κ2) is 11.2. The maximum atomic E-state index is 14.0. The number of alkyl halides is 1. The monoisotopic (exact) mass is 658 g/mol. The number of hydrogen-bond acceptors (Lipinski definition) is 6. The number of piperidine rings is 1. The SMILES string of the molecule is CC(C)(F)CN1CCC(COc2ccc(-c3ccc(C4(O)CC=C(N)[C@]5(C)CCCN45)c(I)c3)cc2C#N)CC1. The van der Waals surface area contributed by atoms with Gasteiger partial charge in [-0.2, -0.15) is 5.26 Å². The summed E-state index contributed by atoms with van der Waals surface area (Å²) in [5.74, 6) is 0.992. The highest BCUT2D eigenvalue weighted by molar-refractivity contribution is 14.1. The Morgan fingerprint density at radius 1 is 1.18 bits per heavy atom. The summed E-state index contributed by atoms with van der Waals surface area (Å²) in [5.41, 5.74) is 7.93. The molecule has 8 heteroatoms. The highest BCUT2D eigenvalue weighted by Crippen LogP contribution is 2.48. The molecule has 2 saturated heterocycles. The fraction of sp³-hybridized carbons (Fsp3) is 0.531. The molecule has 214 valence electrons. The molecule has 2 atom stereocenters. The minimum absolute atomic E-state index is 0.325. The number of ether oxygens (including phenoxy) is 1. The number of nitrogens with two attached hydrogens (primary N) is 1. The van der Waals surface area contributed by atoms with E-state index in [2.05, 4.69) is 51.5 Å². The van der Waals surface area contributed by atoms with Gasteiger partial charge in [-0.05, 0) is 117 Å². The van der Waals surface area contributed by atoms with Crippen LogP contribution in [0.25, 0.3) is 11.1 Å². The van der Waals surface area contributed by atoms with Gasteiger partial charge in [0.15, 0.2) is 0 Å². The number of hydrogen-bond donors (Lipinski definition) is 2. The van der Waals surface area contributed by atoms with Crippen molar-refractivity contribution in [1.82, 2.24) is 9.80 Å². The molecular formula is C32H40FIN4O2. The van der Waals surface area contributed by atoms with Crippen molar-refractivity contribution < 1.29 is 14.2 Å². The molecule has 5 rings (SSSR count). The molecule has 3 aliphatic rings. The van der Waals surface area contributed by atoms with Crippen molar-refractivity contribution in [3.05, 3.63) is 62.9 Å². The molecule has 3 aliphatic heterocycles. The summed E-state index contributed by atoms with van der Waals surface area (Å²) in [4.78, 5) is 4.35. The summed E-state index contributed by atoms with van der Waals surface area (Å²) < 4.78 is 21.1. The Morgan fingerprint density at radius 2 is 1.88 bits per heavy atom. The molecule has 2 aromatic rings. The fourth-order valence-electron chi connectivity index (χ4n) is 6.69. The number of likely N-dealkylation sites (tertiary alicyclic amines) is 1. The zero-order chi connectivity index (χ0) is 28.7. The van der Waals surface area contributed by atoms with E-state index in [0.29, 0.717) is 36.8 Å². The third-order valence-electron chi connectivity index (χ3n) is 8.93. The lowest BCUT2D eigenvalue weighted by molar-refractivity contribution is -0.145. The number of benzene rings is 2. The maximum Gasteiger partial charge on any atom is 0.149 e. The smallest absolute Gasteiger partial charge is 0.149 e. The van der Waals surface area contributed by atoms with Gasteiger partial charge in [-0.25, -0.2) is 4.39 Å². The third kappa shape index (κ3) is 5.76. The average Bonchev–Trinajstić information content (AvgIpc) is 3.34. The Labute approximate surface area is 251 Å². The van der Waals surface area contributed by atoms with Gasteiger partial charge in [0.1, 0.15) is 23.2 Å². The highest BCUT2D eigenvalue weighted by Gasteiger charge is 2.52. The van der Waals surface area contributed by atoms with Crippen LogP contribution in [0.5, 0.6) is 5.75 Å². The van der Waals surface area contributed by atoms with Crippen LogP contribution in [-0.4, -0.2) is 58.9 Å². The van der Waals surface area contributed by atoms with Gasteiger partial charge in [-0.15, -0.1) is 0 Å². The van der Waals surface area contributed by atoms with Crippen LogP contribution >= 0.6 is 22.6 Å². The summed E-state index contributed by atoms with van der Waals surface area (Å²) in [6, 6.07) is 14.2. The standard InChI is InChI=1S/C32H40FIN4O2/c1-30(2,33)21-37-15-10-22(11-16-37)20-40-28-8-6-23(17-25(28)19-35)24-5-7-26(27(34)18-24)32(39)13-9-29(36)31(3)12-4-14-38(31)32/h5-9,17-18,22,39H,4,10-16,20-21,36H2,1-3H3/t31-,32?/m0/s1. The summed E-state index contributed by atoms with van der Waals surface area (Å²) in [6.07, 6.45) is 6.32. The van der Waals surface area contributed by atoms with Crippen LogP contribution in [0.3, 0.4) is 0 Å². The summed E-state index contributed by atoms with van der Waals surface area (Å²) in [7, 11) is 0. The van der Waals surface area contributed by atoms with Crippen LogP contribution in [0.15, 0.2) is 48.2 Å². The van der Waals surface area contributed by atoms with Gasteiger partial charge in [0, 0.05) is 34.3 Å². The van der Waals surface area contributed by atoms with Crippen molar-refractivity contribution in [2.24, 2.45) is 11.7 Å². The lowest BCUT2D eigenvalue weighted by atomic mass is 9.83. The first-order valence-electron chi connectivity index (χ1n) is 14.3. The number of nitrogens with zero attached hydrogens (tertiary/aromatic N) is 3. The molecule has 3 N–H and O–H groups in total. The van der Waals surface area contributed by atoms with E-state index < -0.39 is 11.4 Å². The van der Waals surface area contributed by atoms with Gasteiger partial charge in [0.2, 0.25) is 0 Å². The summed E-state index contributed by atoms with van der Waals surface area (Å²) in [5, 5.41) is 21.8. The van der Waals surface area contributed by atoms with Crippen LogP contribution in [0.2, 0.25) is 0 Å². The fourth-order valence-corrected chi connectivity index (χ4v) is 7.63. The van der Waals surface area contributed by atoms with Crippen molar-refractivity contribution >= 4 is 22.6 Å². The first kappa shape index (κ1) is 29.3. The van der Waals surface area contributed by atoms with E-state index in [0.717, 1.165) is 71.3 Å². The zero-order valence-electron chi connectivity index (χ0n) is 23.7. The van der Waals surface area contributed by atoms with Gasteiger partial charge in [-0.3, -0.25) is 4.90 Å². The average molecular weight is 659 g/mol. The molecule has 3 heterocycles. The number of rotatable bonds is 7. The molecule has 0 radical (unpaired) electrons. The van der Waals surface area contributed by atoms with E-state index >= 15 is 0 Å². The topological polar surface area (TPSA) is 85.8 Å². The Balaban J connectivity index is 1.28. The Kier molecular flexibility index (Phi) is 8.23. The molecule has 0 aliphatic carbocycles. The van der Waals surface area contributed by atoms with Gasteiger partial charge >= 0.3 is 0 Å². The number of nitriles is 1. The molecule has 0 aromatic heterocycles. The second-order valence-corrected chi connectivity index (χ2v) is 13.6. The van der Waals surface area contributed by atoms with Gasteiger partial charge in [0.25, 0.3) is 0 Å². The van der Waals surface area contributed by atoms with E-state index in [1.54, 1.807) is 13.8 Å². The molecule has 40 heavy (non-hydrogen) atoms. The van der Waals surface area contributed by atoms with Gasteiger partial charge in [0.05, 0.1) is 17.7 Å². The maximum absolute atomic E-state index is 14.0. The molecule has 2 fully saturated rings. The normalized spacial score (nSPS) is 26.3. The third-order valence-corrected chi connectivity index (χ3v) is 9.82. The molecule has 6 nitrogen and oxygen atoms in total. The van der Waals surface area contributed by atoms with Crippen molar-refractivity contribution in [3.8, 4) is 22.9 Å². The first-order valence-corrected chi connectivity index (χ1v) is 15.4. The Morgan fingerprint density at radius 3 is 2.55 bits per heavy atom. The van der Waals surface area contributed by atoms with E-state index in [1.807, 2.05) is 36.4 Å². The minimum Gasteiger partial charge on any atom is -0.492 e. The quantitative estimate of drug-likeness (QED) is 0.360. The number of fused-ring (bicyclic) bond motifs is 1. The molecule has 0 spiro atoms. The Hall–Kier alpha value is -2.19. The van der Waals surface area contributed by atoms with Crippen molar-refractivity contribution in [1.29, 1.82) is 5.26 Å². The van der Waals surface area contributed by atoms with E-state index in [4.69, 9.17) is 10.5 Å². The molecule has 0 bridgehead atoms. The molecular weight excluding hydrogens is 618 g/mol. The van der Waals surface area contributed by atoms with Crippen LogP contribution in [0, 0.1) is 20.8 Å². The summed E-state index contributed by atoms with van der Waals surface area (Å²) in [6.45, 7) is 8.94. The lowest BCUT2D eigenvalue weighted by Crippen LogP contribution is -2.59. The first-order chi connectivity index (χ1) is 18.9. The summed E-state index contributed by atoms with van der Waals surface area (Å²) >= 11 is 2.31. The van der Waals surface area contributed by atoms with Crippen molar-refractivity contribution in [2.75, 3.05) is 32.8 Å². The molecule has 0 amide bonds. The largest absolute Gasteiger partial charge is 0.492 e. The van der Waals surface area contributed by atoms with Gasteiger partial charge < -0.3 is 20.5 Å². The number of halogens is 2. The second-order valence-electron chi connectivity index (χ2n) is 12.5. The van der Waals surface area contributed by atoms with Crippen LogP contribution in [0.1, 0.15) is 64.0 Å². The van der Waals surface area contributed by atoms with Crippen LogP contribution in [0.4, 0.5) is 4.39 Å². The van der Waals surface area contributed by atoms with Crippen molar-refractivity contribution in [3.63, 3.8) is 0 Å². The van der Waals surface area contributed by atoms with Crippen LogP contribution in [-0.2, 0) is 5.72 Å². The van der Waals surface area contributed by atoms with E-state index in [-0.39, 0.29) is 5.54 Å². The minimum atomic E-state index is -1.18. The van der Waals surface area contributed by atoms with Crippen molar-refractivity contribution in [2.45, 2.75) is 69.8 Å². The molecule has 2 aromatic carbocycles. The predicted octanol–water partition coefficient (Wildman–Crippen LogP) is 5.91. The molecule has 0 saturated carbocycles.